The van der Waals surface area contributed by atoms with Gasteiger partial charge in [-0.3, -0.25) is 4.79 Å². The van der Waals surface area contributed by atoms with Crippen molar-refractivity contribution < 1.29 is 4.79 Å². The van der Waals surface area contributed by atoms with Crippen LogP contribution < -0.4 is 5.32 Å². The van der Waals surface area contributed by atoms with Gasteiger partial charge in [0.15, 0.2) is 0 Å². The van der Waals surface area contributed by atoms with Gasteiger partial charge in [-0.05, 0) is 6.42 Å². The van der Waals surface area contributed by atoms with Gasteiger partial charge in [0.05, 0.1) is 4.99 Å². The van der Waals surface area contributed by atoms with Crippen LogP contribution >= 0.6 is 12.2 Å². The number of amides is 1. The number of hydrogen-bond acceptors (Lipinski definition) is 2. The zero-order chi connectivity index (χ0) is 7.72. The first-order valence-electron chi connectivity index (χ1n) is 3.51. The SMILES string of the molecule is CC[C@H]1C(=O)NC(=S)[C@@H]1C. The summed E-state index contributed by atoms with van der Waals surface area (Å²) in [7, 11) is 0. The normalized spacial score (nSPS) is 32.6. The standard InChI is InChI=1S/C7H11NOS/c1-3-5-4(2)7(10)8-6(5)9/h4-5H,3H2,1-2H3,(H,8,9,10)/t4-,5-/m1/s1. The Bertz CT molecular complexity index is 178. The summed E-state index contributed by atoms with van der Waals surface area (Å²) in [5, 5.41) is 2.66. The molecule has 1 heterocycles. The monoisotopic (exact) mass is 157 g/mol. The number of thiocarbonyl (C=S) groups is 1. The molecule has 1 aliphatic rings. The number of carbonyl (C=O) groups excluding carboxylic acids is 1. The van der Waals surface area contributed by atoms with Gasteiger partial charge in [0.25, 0.3) is 0 Å². The minimum absolute atomic E-state index is 0.0972. The molecule has 1 saturated heterocycles. The smallest absolute Gasteiger partial charge is 0.228 e. The van der Waals surface area contributed by atoms with Gasteiger partial charge in [-0.1, -0.05) is 26.1 Å². The molecule has 0 aromatic rings. The average Bonchev–Trinajstić information content (AvgIpc) is 2.09. The third kappa shape index (κ3) is 1.06. The van der Waals surface area contributed by atoms with Crippen molar-refractivity contribution in [3.05, 3.63) is 0 Å². The maximum absolute atomic E-state index is 11.0. The second-order valence-electron chi connectivity index (χ2n) is 2.66. The summed E-state index contributed by atoms with van der Waals surface area (Å²) in [4.78, 5) is 11.7. The highest BCUT2D eigenvalue weighted by atomic mass is 32.1. The van der Waals surface area contributed by atoms with E-state index in [0.717, 1.165) is 6.42 Å². The Morgan fingerprint density at radius 3 is 2.50 bits per heavy atom. The molecule has 10 heavy (non-hydrogen) atoms. The molecule has 0 radical (unpaired) electrons. The molecule has 1 rings (SSSR count). The lowest BCUT2D eigenvalue weighted by atomic mass is 9.95. The molecule has 3 heteroatoms. The van der Waals surface area contributed by atoms with E-state index in [1.807, 2.05) is 13.8 Å². The molecule has 2 nitrogen and oxygen atoms in total. The highest BCUT2D eigenvalue weighted by molar-refractivity contribution is 7.80. The molecule has 56 valence electrons. The van der Waals surface area contributed by atoms with Crippen molar-refractivity contribution in [2.75, 3.05) is 0 Å². The highest BCUT2D eigenvalue weighted by Gasteiger charge is 2.33. The van der Waals surface area contributed by atoms with Crippen molar-refractivity contribution in [2.24, 2.45) is 11.8 Å². The van der Waals surface area contributed by atoms with E-state index in [4.69, 9.17) is 12.2 Å². The summed E-state index contributed by atoms with van der Waals surface area (Å²) in [6.07, 6.45) is 0.882. The van der Waals surface area contributed by atoms with Gasteiger partial charge in [-0.2, -0.15) is 0 Å². The predicted molar refractivity (Wildman–Crippen MR) is 43.7 cm³/mol. The van der Waals surface area contributed by atoms with Crippen LogP contribution in [-0.4, -0.2) is 10.9 Å². The van der Waals surface area contributed by atoms with Gasteiger partial charge >= 0.3 is 0 Å². The summed E-state index contributed by atoms with van der Waals surface area (Å²) in [5.41, 5.74) is 0. The minimum atomic E-state index is 0.0972. The third-order valence-corrected chi connectivity index (χ3v) is 2.51. The average molecular weight is 157 g/mol. The molecule has 1 N–H and O–H groups in total. The van der Waals surface area contributed by atoms with Gasteiger partial charge in [0.2, 0.25) is 5.91 Å². The molecule has 1 fully saturated rings. The second kappa shape index (κ2) is 2.66. The Kier molecular flexibility index (Phi) is 2.04. The first-order chi connectivity index (χ1) is 4.66. The fourth-order valence-electron chi connectivity index (χ4n) is 1.28. The zero-order valence-corrected chi connectivity index (χ0v) is 6.99. The molecule has 0 aromatic heterocycles. The van der Waals surface area contributed by atoms with E-state index >= 15 is 0 Å². The Labute approximate surface area is 66.0 Å². The van der Waals surface area contributed by atoms with Crippen LogP contribution in [0, 0.1) is 11.8 Å². The van der Waals surface area contributed by atoms with Gasteiger partial charge in [0, 0.05) is 11.8 Å². The first kappa shape index (κ1) is 7.66. The summed E-state index contributed by atoms with van der Waals surface area (Å²) in [6, 6.07) is 0. The topological polar surface area (TPSA) is 29.1 Å². The maximum atomic E-state index is 11.0. The molecule has 0 spiro atoms. The Hall–Kier alpha value is -0.440. The van der Waals surface area contributed by atoms with Crippen LogP contribution in [0.4, 0.5) is 0 Å². The second-order valence-corrected chi connectivity index (χ2v) is 3.10. The maximum Gasteiger partial charge on any atom is 0.228 e. The van der Waals surface area contributed by atoms with Gasteiger partial charge < -0.3 is 5.32 Å². The Balaban J connectivity index is 2.73. The zero-order valence-electron chi connectivity index (χ0n) is 6.18. The third-order valence-electron chi connectivity index (χ3n) is 2.04. The van der Waals surface area contributed by atoms with Crippen molar-refractivity contribution in [1.29, 1.82) is 0 Å². The van der Waals surface area contributed by atoms with E-state index in [1.54, 1.807) is 0 Å². The summed E-state index contributed by atoms with van der Waals surface area (Å²) >= 11 is 4.93. The van der Waals surface area contributed by atoms with Crippen molar-refractivity contribution in [3.63, 3.8) is 0 Å². The van der Waals surface area contributed by atoms with Crippen molar-refractivity contribution in [1.82, 2.24) is 5.32 Å². The minimum Gasteiger partial charge on any atom is -0.320 e. The van der Waals surface area contributed by atoms with Gasteiger partial charge in [-0.25, -0.2) is 0 Å². The molecule has 2 atom stereocenters. The van der Waals surface area contributed by atoms with E-state index in [-0.39, 0.29) is 17.7 Å². The van der Waals surface area contributed by atoms with Crippen molar-refractivity contribution in [3.8, 4) is 0 Å². The fraction of sp³-hybridized carbons (Fsp3) is 0.714. The fourth-order valence-corrected chi connectivity index (χ4v) is 1.54. The molecular formula is C7H11NOS. The van der Waals surface area contributed by atoms with E-state index in [9.17, 15) is 4.79 Å². The molecule has 0 aromatic carbocycles. The molecule has 0 aliphatic carbocycles. The number of hydrogen-bond donors (Lipinski definition) is 1. The van der Waals surface area contributed by atoms with Crippen LogP contribution in [0.2, 0.25) is 0 Å². The molecule has 1 amide bonds. The van der Waals surface area contributed by atoms with E-state index in [2.05, 4.69) is 5.32 Å². The highest BCUT2D eigenvalue weighted by Crippen LogP contribution is 2.22. The summed E-state index contributed by atoms with van der Waals surface area (Å²) in [5.74, 6) is 0.458. The molecule has 0 unspecified atom stereocenters. The molecule has 1 aliphatic heterocycles. The van der Waals surface area contributed by atoms with Gasteiger partial charge in [0.1, 0.15) is 0 Å². The van der Waals surface area contributed by atoms with Crippen LogP contribution in [0.5, 0.6) is 0 Å². The van der Waals surface area contributed by atoms with E-state index in [0.29, 0.717) is 4.99 Å². The number of carbonyl (C=O) groups is 1. The lowest BCUT2D eigenvalue weighted by Gasteiger charge is -2.06. The lowest BCUT2D eigenvalue weighted by molar-refractivity contribution is -0.122. The lowest BCUT2D eigenvalue weighted by Crippen LogP contribution is -2.20. The summed E-state index contributed by atoms with van der Waals surface area (Å²) in [6.45, 7) is 4.00. The summed E-state index contributed by atoms with van der Waals surface area (Å²) < 4.78 is 0. The van der Waals surface area contributed by atoms with Crippen LogP contribution in [-0.2, 0) is 4.79 Å². The van der Waals surface area contributed by atoms with Gasteiger partial charge in [-0.15, -0.1) is 0 Å². The van der Waals surface area contributed by atoms with Crippen molar-refractivity contribution >= 4 is 23.1 Å². The first-order valence-corrected chi connectivity index (χ1v) is 3.92. The van der Waals surface area contributed by atoms with Crippen molar-refractivity contribution in [2.45, 2.75) is 20.3 Å². The largest absolute Gasteiger partial charge is 0.320 e. The molecule has 0 saturated carbocycles. The number of nitrogens with one attached hydrogen (secondary N) is 1. The number of rotatable bonds is 1. The predicted octanol–water partition coefficient (Wildman–Crippen LogP) is 1.11. The van der Waals surface area contributed by atoms with Crippen LogP contribution in [0.25, 0.3) is 0 Å². The van der Waals surface area contributed by atoms with Crippen LogP contribution in [0.3, 0.4) is 0 Å². The molecule has 0 bridgehead atoms. The van der Waals surface area contributed by atoms with Crippen LogP contribution in [0.1, 0.15) is 20.3 Å². The Morgan fingerprint density at radius 2 is 2.30 bits per heavy atom. The van der Waals surface area contributed by atoms with E-state index < -0.39 is 0 Å². The quantitative estimate of drug-likeness (QED) is 0.578. The Morgan fingerprint density at radius 1 is 1.70 bits per heavy atom. The van der Waals surface area contributed by atoms with Crippen LogP contribution in [0.15, 0.2) is 0 Å². The van der Waals surface area contributed by atoms with E-state index in [1.165, 1.54) is 0 Å². The molecular weight excluding hydrogens is 146 g/mol.